The number of nitrogens with two attached hydrogens (primary N) is 1. The minimum absolute atomic E-state index is 0.298. The van der Waals surface area contributed by atoms with E-state index in [0.717, 1.165) is 24.8 Å². The lowest BCUT2D eigenvalue weighted by molar-refractivity contribution is 0.417. The summed E-state index contributed by atoms with van der Waals surface area (Å²) in [7, 11) is -3.39. The third kappa shape index (κ3) is 4.07. The predicted molar refractivity (Wildman–Crippen MR) is 84.1 cm³/mol. The second-order valence-corrected chi connectivity index (χ2v) is 7.41. The van der Waals surface area contributed by atoms with Gasteiger partial charge in [-0.1, -0.05) is 18.8 Å². The van der Waals surface area contributed by atoms with Gasteiger partial charge in [0.05, 0.1) is 11.4 Å². The maximum Gasteiger partial charge on any atom is 0.243 e. The SMILES string of the molecule is CC1CCCN(S(=O)(=O)c2ccc(C#CCN)cc2)CC1. The van der Waals surface area contributed by atoms with Crippen LogP contribution in [-0.4, -0.2) is 32.4 Å². The Balaban J connectivity index is 2.18. The average molecular weight is 306 g/mol. The summed E-state index contributed by atoms with van der Waals surface area (Å²) in [5, 5.41) is 0. The van der Waals surface area contributed by atoms with Crippen LogP contribution in [0.15, 0.2) is 29.2 Å². The molecule has 1 saturated heterocycles. The number of rotatable bonds is 2. The van der Waals surface area contributed by atoms with E-state index in [2.05, 4.69) is 18.8 Å². The summed E-state index contributed by atoms with van der Waals surface area (Å²) in [6.45, 7) is 3.70. The molecule has 0 saturated carbocycles. The third-order valence-corrected chi connectivity index (χ3v) is 5.72. The molecule has 4 nitrogen and oxygen atoms in total. The van der Waals surface area contributed by atoms with Gasteiger partial charge in [-0.15, -0.1) is 0 Å². The van der Waals surface area contributed by atoms with Gasteiger partial charge in [-0.05, 0) is 49.4 Å². The maximum atomic E-state index is 12.6. The van der Waals surface area contributed by atoms with Crippen LogP contribution in [0.25, 0.3) is 0 Å². The van der Waals surface area contributed by atoms with E-state index in [0.29, 0.717) is 30.4 Å². The van der Waals surface area contributed by atoms with Gasteiger partial charge >= 0.3 is 0 Å². The second kappa shape index (κ2) is 7.08. The summed E-state index contributed by atoms with van der Waals surface area (Å²) in [5.41, 5.74) is 6.10. The topological polar surface area (TPSA) is 63.4 Å². The lowest BCUT2D eigenvalue weighted by Gasteiger charge is -2.20. The molecule has 0 radical (unpaired) electrons. The monoisotopic (exact) mass is 306 g/mol. The van der Waals surface area contributed by atoms with Crippen LogP contribution in [0.1, 0.15) is 31.7 Å². The Bertz CT molecular complexity index is 626. The zero-order chi connectivity index (χ0) is 15.3. The van der Waals surface area contributed by atoms with Crippen LogP contribution < -0.4 is 5.73 Å². The fraction of sp³-hybridized carbons (Fsp3) is 0.500. The largest absolute Gasteiger partial charge is 0.320 e. The highest BCUT2D eigenvalue weighted by Gasteiger charge is 2.26. The molecule has 5 heteroatoms. The van der Waals surface area contributed by atoms with Gasteiger partial charge in [-0.3, -0.25) is 0 Å². The molecule has 1 aliphatic rings. The van der Waals surface area contributed by atoms with E-state index in [-0.39, 0.29) is 0 Å². The van der Waals surface area contributed by atoms with E-state index in [9.17, 15) is 8.42 Å². The molecular formula is C16H22N2O2S. The Morgan fingerprint density at radius 2 is 1.95 bits per heavy atom. The van der Waals surface area contributed by atoms with Crippen molar-refractivity contribution < 1.29 is 8.42 Å². The smallest absolute Gasteiger partial charge is 0.243 e. The van der Waals surface area contributed by atoms with Gasteiger partial charge in [0.1, 0.15) is 0 Å². The zero-order valence-electron chi connectivity index (χ0n) is 12.4. The molecule has 0 bridgehead atoms. The molecule has 1 aliphatic heterocycles. The molecule has 0 amide bonds. The van der Waals surface area contributed by atoms with E-state index >= 15 is 0 Å². The molecular weight excluding hydrogens is 284 g/mol. The van der Waals surface area contributed by atoms with Crippen LogP contribution in [0, 0.1) is 17.8 Å². The molecule has 0 spiro atoms. The molecule has 114 valence electrons. The summed E-state index contributed by atoms with van der Waals surface area (Å²) in [6.07, 6.45) is 2.96. The molecule has 0 aromatic heterocycles. The highest BCUT2D eigenvalue weighted by atomic mass is 32.2. The van der Waals surface area contributed by atoms with Gasteiger partial charge in [-0.2, -0.15) is 4.31 Å². The third-order valence-electron chi connectivity index (χ3n) is 3.80. The van der Waals surface area contributed by atoms with Crippen LogP contribution in [0.3, 0.4) is 0 Å². The Labute approximate surface area is 127 Å². The fourth-order valence-corrected chi connectivity index (χ4v) is 3.98. The quantitative estimate of drug-likeness (QED) is 0.848. The molecule has 1 atom stereocenters. The van der Waals surface area contributed by atoms with Crippen molar-refractivity contribution in [2.45, 2.75) is 31.1 Å². The zero-order valence-corrected chi connectivity index (χ0v) is 13.2. The van der Waals surface area contributed by atoms with Crippen LogP contribution in [0.4, 0.5) is 0 Å². The number of hydrogen-bond donors (Lipinski definition) is 1. The van der Waals surface area contributed by atoms with Crippen molar-refractivity contribution in [3.8, 4) is 11.8 Å². The summed E-state index contributed by atoms with van der Waals surface area (Å²) in [6, 6.07) is 6.72. The Morgan fingerprint density at radius 1 is 1.24 bits per heavy atom. The first-order valence-corrected chi connectivity index (χ1v) is 8.77. The lowest BCUT2D eigenvalue weighted by atomic mass is 10.0. The number of nitrogens with zero attached hydrogens (tertiary/aromatic N) is 1. The van der Waals surface area contributed by atoms with Crippen molar-refractivity contribution >= 4 is 10.0 Å². The number of benzene rings is 1. The Hall–Kier alpha value is -1.35. The molecule has 1 heterocycles. The molecule has 1 fully saturated rings. The minimum Gasteiger partial charge on any atom is -0.320 e. The maximum absolute atomic E-state index is 12.6. The van der Waals surface area contributed by atoms with Gasteiger partial charge in [0.2, 0.25) is 10.0 Å². The van der Waals surface area contributed by atoms with E-state index < -0.39 is 10.0 Å². The van der Waals surface area contributed by atoms with Gasteiger partial charge in [0.25, 0.3) is 0 Å². The molecule has 1 unspecified atom stereocenters. The van der Waals surface area contributed by atoms with Crippen LogP contribution in [0.2, 0.25) is 0 Å². The standard InChI is InChI=1S/C16H22N2O2S/c1-14-4-3-12-18(13-10-14)21(19,20)16-8-6-15(7-9-16)5-2-11-17/h6-9,14H,3-4,10-13,17H2,1H3. The first-order chi connectivity index (χ1) is 10.0. The van der Waals surface area contributed by atoms with Crippen LogP contribution >= 0.6 is 0 Å². The molecule has 1 aromatic rings. The molecule has 0 aliphatic carbocycles. The Morgan fingerprint density at radius 3 is 2.62 bits per heavy atom. The predicted octanol–water partition coefficient (Wildman–Crippen LogP) is 1.81. The average Bonchev–Trinajstić information content (AvgIpc) is 2.70. The lowest BCUT2D eigenvalue weighted by Crippen LogP contribution is -2.32. The second-order valence-electron chi connectivity index (χ2n) is 5.47. The molecule has 2 rings (SSSR count). The Kier molecular flexibility index (Phi) is 5.40. The first-order valence-electron chi connectivity index (χ1n) is 7.33. The van der Waals surface area contributed by atoms with E-state index in [1.165, 1.54) is 0 Å². The van der Waals surface area contributed by atoms with E-state index in [4.69, 9.17) is 5.73 Å². The van der Waals surface area contributed by atoms with Crippen molar-refractivity contribution in [1.82, 2.24) is 4.31 Å². The summed E-state index contributed by atoms with van der Waals surface area (Å²) in [5.74, 6) is 6.25. The minimum atomic E-state index is -3.39. The van der Waals surface area contributed by atoms with E-state index in [1.54, 1.807) is 28.6 Å². The first kappa shape index (κ1) is 16.0. The normalized spacial score (nSPS) is 20.4. The summed E-state index contributed by atoms with van der Waals surface area (Å²) in [4.78, 5) is 0.343. The van der Waals surface area contributed by atoms with Crippen LogP contribution in [0.5, 0.6) is 0 Å². The highest BCUT2D eigenvalue weighted by Crippen LogP contribution is 2.23. The van der Waals surface area contributed by atoms with Crippen molar-refractivity contribution in [2.24, 2.45) is 11.7 Å². The fourth-order valence-electron chi connectivity index (χ4n) is 2.49. The van der Waals surface area contributed by atoms with E-state index in [1.807, 2.05) is 0 Å². The summed E-state index contributed by atoms with van der Waals surface area (Å²) < 4.78 is 26.9. The molecule has 1 aromatic carbocycles. The van der Waals surface area contributed by atoms with Crippen molar-refractivity contribution in [3.05, 3.63) is 29.8 Å². The number of hydrogen-bond acceptors (Lipinski definition) is 3. The molecule has 2 N–H and O–H groups in total. The van der Waals surface area contributed by atoms with Crippen molar-refractivity contribution in [2.75, 3.05) is 19.6 Å². The van der Waals surface area contributed by atoms with Gasteiger partial charge in [0, 0.05) is 18.7 Å². The van der Waals surface area contributed by atoms with Gasteiger partial charge in [-0.25, -0.2) is 8.42 Å². The van der Waals surface area contributed by atoms with Crippen molar-refractivity contribution in [3.63, 3.8) is 0 Å². The molecule has 21 heavy (non-hydrogen) atoms. The number of sulfonamides is 1. The van der Waals surface area contributed by atoms with Crippen molar-refractivity contribution in [1.29, 1.82) is 0 Å². The highest BCUT2D eigenvalue weighted by molar-refractivity contribution is 7.89. The van der Waals surface area contributed by atoms with Gasteiger partial charge in [0.15, 0.2) is 0 Å². The summed E-state index contributed by atoms with van der Waals surface area (Å²) >= 11 is 0. The van der Waals surface area contributed by atoms with Crippen LogP contribution in [-0.2, 0) is 10.0 Å². The van der Waals surface area contributed by atoms with Gasteiger partial charge < -0.3 is 5.73 Å².